The Hall–Kier alpha value is -0.960. The van der Waals surface area contributed by atoms with Crippen molar-refractivity contribution in [3.05, 3.63) is 24.6 Å². The van der Waals surface area contributed by atoms with E-state index in [1.807, 2.05) is 0 Å². The highest BCUT2D eigenvalue weighted by atomic mass is 15.3. The average molecular weight is 322 g/mol. The maximum absolute atomic E-state index is 5.64. The number of hydrogen-bond acceptors (Lipinski definition) is 3. The lowest BCUT2D eigenvalue weighted by Gasteiger charge is -2.25. The maximum atomic E-state index is 5.64. The average Bonchev–Trinajstić information content (AvgIpc) is 2.99. The lowest BCUT2D eigenvalue weighted by molar-refractivity contribution is 0.264. The summed E-state index contributed by atoms with van der Waals surface area (Å²) in [4.78, 5) is 2.33. The first kappa shape index (κ1) is 20.1. The Kier molecular flexibility index (Phi) is 12.8. The molecule has 3 nitrogen and oxygen atoms in total. The largest absolute Gasteiger partial charge is 0.370 e. The first-order chi connectivity index (χ1) is 11.4. The monoisotopic (exact) mass is 321 g/mol. The van der Waals surface area contributed by atoms with Crippen molar-refractivity contribution >= 4 is 0 Å². The van der Waals surface area contributed by atoms with Gasteiger partial charge in [0.25, 0.3) is 0 Å². The van der Waals surface area contributed by atoms with Gasteiger partial charge in [-0.3, -0.25) is 0 Å². The molecule has 0 fully saturated rings. The molecule has 0 spiro atoms. The summed E-state index contributed by atoms with van der Waals surface area (Å²) in [6.07, 6.45) is 25.5. The Labute approximate surface area is 144 Å². The van der Waals surface area contributed by atoms with E-state index in [1.54, 1.807) is 0 Å². The molecule has 0 aromatic carbocycles. The van der Waals surface area contributed by atoms with Gasteiger partial charge in [-0.1, -0.05) is 64.0 Å². The summed E-state index contributed by atoms with van der Waals surface area (Å²) < 4.78 is 0. The van der Waals surface area contributed by atoms with Crippen LogP contribution in [0.25, 0.3) is 0 Å². The zero-order chi connectivity index (χ0) is 16.6. The third-order valence-electron chi connectivity index (χ3n) is 4.58. The number of nitrogens with one attached hydrogen (secondary N) is 1. The van der Waals surface area contributed by atoms with Crippen LogP contribution in [0, 0.1) is 0 Å². The number of nitrogens with zero attached hydrogens (tertiary/aromatic N) is 1. The molecule has 0 bridgehead atoms. The number of rotatable bonds is 15. The van der Waals surface area contributed by atoms with Crippen LogP contribution in [-0.2, 0) is 0 Å². The van der Waals surface area contributed by atoms with Gasteiger partial charge in [-0.2, -0.15) is 0 Å². The van der Waals surface area contributed by atoms with Crippen LogP contribution in [0.15, 0.2) is 24.6 Å². The van der Waals surface area contributed by atoms with Crippen LogP contribution in [-0.4, -0.2) is 24.2 Å². The van der Waals surface area contributed by atoms with E-state index in [0.29, 0.717) is 6.17 Å². The van der Waals surface area contributed by atoms with Crippen LogP contribution in [0.1, 0.15) is 84.0 Å². The molecule has 0 aromatic heterocycles. The van der Waals surface area contributed by atoms with Crippen LogP contribution in [0.2, 0.25) is 0 Å². The summed E-state index contributed by atoms with van der Waals surface area (Å²) in [7, 11) is 0. The molecular formula is C20H39N3. The predicted molar refractivity (Wildman–Crippen MR) is 102 cm³/mol. The highest BCUT2D eigenvalue weighted by Gasteiger charge is 2.16. The van der Waals surface area contributed by atoms with Crippen molar-refractivity contribution in [3.63, 3.8) is 0 Å². The molecule has 0 aromatic rings. The number of nitrogens with two attached hydrogens (primary N) is 1. The zero-order valence-electron chi connectivity index (χ0n) is 15.3. The topological polar surface area (TPSA) is 41.3 Å². The quantitative estimate of drug-likeness (QED) is 0.333. The van der Waals surface area contributed by atoms with Crippen LogP contribution < -0.4 is 11.1 Å². The van der Waals surface area contributed by atoms with Gasteiger partial charge in [0.15, 0.2) is 0 Å². The second kappa shape index (κ2) is 14.6. The van der Waals surface area contributed by atoms with Crippen LogP contribution >= 0.6 is 0 Å². The van der Waals surface area contributed by atoms with Crippen molar-refractivity contribution < 1.29 is 0 Å². The predicted octanol–water partition coefficient (Wildman–Crippen LogP) is 4.90. The van der Waals surface area contributed by atoms with E-state index in [-0.39, 0.29) is 0 Å². The standard InChI is InChI=1S/C20H39N3/c1-2-3-4-5-6-7-8-9-10-11-12-13-14-15-20-22-17-19-23(20)18-16-21/h5-6,17,19-20,22H,2-4,7-16,18,21H2,1H3/b6-5+. The Balaban J connectivity index is 1.82. The summed E-state index contributed by atoms with van der Waals surface area (Å²) >= 11 is 0. The Morgan fingerprint density at radius 3 is 2.30 bits per heavy atom. The molecule has 23 heavy (non-hydrogen) atoms. The molecule has 0 amide bonds. The number of unbranched alkanes of at least 4 members (excludes halogenated alkanes) is 9. The molecule has 3 heteroatoms. The molecule has 1 unspecified atom stereocenters. The molecule has 0 aliphatic carbocycles. The summed E-state index contributed by atoms with van der Waals surface area (Å²) in [5.41, 5.74) is 5.64. The Morgan fingerprint density at radius 1 is 0.957 bits per heavy atom. The van der Waals surface area contributed by atoms with E-state index in [1.165, 1.54) is 77.0 Å². The van der Waals surface area contributed by atoms with E-state index in [4.69, 9.17) is 5.73 Å². The van der Waals surface area contributed by atoms with E-state index in [9.17, 15) is 0 Å². The van der Waals surface area contributed by atoms with Crippen molar-refractivity contribution in [2.75, 3.05) is 13.1 Å². The van der Waals surface area contributed by atoms with Crippen LogP contribution in [0.5, 0.6) is 0 Å². The van der Waals surface area contributed by atoms with Gasteiger partial charge in [0.1, 0.15) is 0 Å². The minimum absolute atomic E-state index is 0.484. The molecule has 0 saturated carbocycles. The van der Waals surface area contributed by atoms with Crippen molar-refractivity contribution in [2.24, 2.45) is 5.73 Å². The molecule has 0 radical (unpaired) electrons. The number of hydrogen-bond donors (Lipinski definition) is 2. The smallest absolute Gasteiger partial charge is 0.0981 e. The van der Waals surface area contributed by atoms with Crippen molar-refractivity contribution in [3.8, 4) is 0 Å². The summed E-state index contributed by atoms with van der Waals surface area (Å²) in [6, 6.07) is 0. The molecule has 1 atom stereocenters. The molecular weight excluding hydrogens is 282 g/mol. The summed E-state index contributed by atoms with van der Waals surface area (Å²) in [5, 5.41) is 3.42. The normalized spacial score (nSPS) is 17.3. The first-order valence-corrected chi connectivity index (χ1v) is 9.92. The summed E-state index contributed by atoms with van der Waals surface area (Å²) in [6.45, 7) is 3.95. The lowest BCUT2D eigenvalue weighted by atomic mass is 10.1. The van der Waals surface area contributed by atoms with Gasteiger partial charge in [0.2, 0.25) is 0 Å². The fourth-order valence-corrected chi connectivity index (χ4v) is 3.12. The van der Waals surface area contributed by atoms with Gasteiger partial charge in [0.05, 0.1) is 6.17 Å². The van der Waals surface area contributed by atoms with Gasteiger partial charge >= 0.3 is 0 Å². The van der Waals surface area contributed by atoms with E-state index in [2.05, 4.69) is 41.7 Å². The summed E-state index contributed by atoms with van der Waals surface area (Å²) in [5.74, 6) is 0. The van der Waals surface area contributed by atoms with Crippen LogP contribution in [0.4, 0.5) is 0 Å². The van der Waals surface area contributed by atoms with Gasteiger partial charge in [0, 0.05) is 25.5 Å². The second-order valence-corrected chi connectivity index (χ2v) is 6.69. The molecule has 0 saturated heterocycles. The van der Waals surface area contributed by atoms with Crippen LogP contribution in [0.3, 0.4) is 0 Å². The lowest BCUT2D eigenvalue weighted by Crippen LogP contribution is -2.37. The van der Waals surface area contributed by atoms with Crippen molar-refractivity contribution in [1.82, 2.24) is 10.2 Å². The number of allylic oxidation sites excluding steroid dienone is 2. The van der Waals surface area contributed by atoms with E-state index < -0.39 is 0 Å². The highest BCUT2D eigenvalue weighted by Crippen LogP contribution is 2.14. The molecule has 1 heterocycles. The first-order valence-electron chi connectivity index (χ1n) is 9.92. The fourth-order valence-electron chi connectivity index (χ4n) is 3.12. The zero-order valence-corrected chi connectivity index (χ0v) is 15.3. The minimum Gasteiger partial charge on any atom is -0.370 e. The molecule has 3 N–H and O–H groups in total. The minimum atomic E-state index is 0.484. The molecule has 1 aliphatic heterocycles. The van der Waals surface area contributed by atoms with E-state index in [0.717, 1.165) is 13.1 Å². The Morgan fingerprint density at radius 2 is 1.61 bits per heavy atom. The third kappa shape index (κ3) is 10.4. The highest BCUT2D eigenvalue weighted by molar-refractivity contribution is 4.94. The van der Waals surface area contributed by atoms with E-state index >= 15 is 0 Å². The Bertz CT molecular complexity index is 312. The van der Waals surface area contributed by atoms with Crippen molar-refractivity contribution in [1.29, 1.82) is 0 Å². The van der Waals surface area contributed by atoms with Crippen molar-refractivity contribution in [2.45, 2.75) is 90.1 Å². The fraction of sp³-hybridized carbons (Fsp3) is 0.800. The SMILES string of the molecule is CCCC/C=C/CCCCCCCCCC1NC=CN1CCN. The van der Waals surface area contributed by atoms with Gasteiger partial charge in [-0.25, -0.2) is 0 Å². The molecule has 1 rings (SSSR count). The maximum Gasteiger partial charge on any atom is 0.0981 e. The third-order valence-corrected chi connectivity index (χ3v) is 4.58. The molecule has 1 aliphatic rings. The van der Waals surface area contributed by atoms with Gasteiger partial charge in [-0.15, -0.1) is 0 Å². The second-order valence-electron chi connectivity index (χ2n) is 6.69. The van der Waals surface area contributed by atoms with Gasteiger partial charge in [-0.05, 0) is 32.1 Å². The van der Waals surface area contributed by atoms with Gasteiger partial charge < -0.3 is 16.0 Å². The molecule has 134 valence electrons.